The zero-order valence-corrected chi connectivity index (χ0v) is 9.94. The molecule has 0 atom stereocenters. The lowest BCUT2D eigenvalue weighted by molar-refractivity contribution is 0.463. The summed E-state index contributed by atoms with van der Waals surface area (Å²) in [6, 6.07) is 3.66. The molecule has 0 aliphatic carbocycles. The lowest BCUT2D eigenvalue weighted by Crippen LogP contribution is -2.31. The molecule has 1 aromatic rings. The minimum atomic E-state index is 0.574. The molecule has 3 nitrogen and oxygen atoms in total. The Morgan fingerprint density at radius 2 is 2.12 bits per heavy atom. The van der Waals surface area contributed by atoms with Crippen molar-refractivity contribution in [3.63, 3.8) is 0 Å². The third kappa shape index (κ3) is 1.39. The minimum absolute atomic E-state index is 0.574. The number of hydrogen-bond donors (Lipinski definition) is 1. The fourth-order valence-electron chi connectivity index (χ4n) is 1.95. The summed E-state index contributed by atoms with van der Waals surface area (Å²) in [5.74, 6) is 0.843. The summed E-state index contributed by atoms with van der Waals surface area (Å²) >= 11 is 12.2. The van der Waals surface area contributed by atoms with Crippen molar-refractivity contribution >= 4 is 34.8 Å². The molecule has 5 heteroatoms. The van der Waals surface area contributed by atoms with E-state index >= 15 is 0 Å². The van der Waals surface area contributed by atoms with Gasteiger partial charge in [-0.25, -0.2) is 4.99 Å². The second-order valence-electron chi connectivity index (χ2n) is 3.88. The highest BCUT2D eigenvalue weighted by atomic mass is 35.5. The largest absolute Gasteiger partial charge is 0.332 e. The summed E-state index contributed by atoms with van der Waals surface area (Å²) in [5, 5.41) is 4.31. The molecule has 0 radical (unpaired) electrons. The van der Waals surface area contributed by atoms with Crippen molar-refractivity contribution < 1.29 is 0 Å². The third-order valence-electron chi connectivity index (χ3n) is 2.72. The Kier molecular flexibility index (Phi) is 2.13. The number of hydrogen-bond acceptors (Lipinski definition) is 3. The van der Waals surface area contributed by atoms with Crippen LogP contribution in [0.2, 0.25) is 10.0 Å². The van der Waals surface area contributed by atoms with Gasteiger partial charge in [-0.05, 0) is 12.1 Å². The number of nitrogens with zero attached hydrogens (tertiary/aromatic N) is 2. The van der Waals surface area contributed by atoms with Crippen LogP contribution in [-0.2, 0) is 6.54 Å². The summed E-state index contributed by atoms with van der Waals surface area (Å²) in [4.78, 5) is 6.58. The van der Waals surface area contributed by atoms with Gasteiger partial charge in [-0.15, -0.1) is 0 Å². The van der Waals surface area contributed by atoms with Crippen LogP contribution in [0.1, 0.15) is 5.56 Å². The first kappa shape index (κ1) is 10.00. The molecule has 16 heavy (non-hydrogen) atoms. The zero-order valence-electron chi connectivity index (χ0n) is 8.43. The van der Waals surface area contributed by atoms with Gasteiger partial charge in [0.05, 0.1) is 22.3 Å². The first-order valence-electron chi connectivity index (χ1n) is 4.90. The summed E-state index contributed by atoms with van der Waals surface area (Å²) in [5.41, 5.74) is 2.81. The summed E-state index contributed by atoms with van der Waals surface area (Å²) in [6.07, 6.45) is 0. The van der Waals surface area contributed by atoms with E-state index in [1.54, 1.807) is 6.07 Å². The molecular formula is C11H9Cl2N3. The average molecular weight is 254 g/mol. The second kappa shape index (κ2) is 3.40. The van der Waals surface area contributed by atoms with E-state index in [1.807, 2.05) is 6.07 Å². The summed E-state index contributed by atoms with van der Waals surface area (Å²) in [6.45, 7) is 5.38. The molecule has 0 saturated carbocycles. The molecule has 0 unspecified atom stereocenters. The molecule has 1 saturated heterocycles. The van der Waals surface area contributed by atoms with Crippen molar-refractivity contribution in [3.8, 4) is 0 Å². The molecular weight excluding hydrogens is 245 g/mol. The molecule has 0 spiro atoms. The lowest BCUT2D eigenvalue weighted by atomic mass is 10.1. The van der Waals surface area contributed by atoms with E-state index in [-0.39, 0.29) is 0 Å². The van der Waals surface area contributed by atoms with Gasteiger partial charge in [-0.2, -0.15) is 0 Å². The van der Waals surface area contributed by atoms with E-state index in [2.05, 4.69) is 21.8 Å². The maximum Gasteiger partial charge on any atom is 0.204 e. The Bertz CT molecular complexity index is 522. The van der Waals surface area contributed by atoms with E-state index in [0.717, 1.165) is 36.0 Å². The van der Waals surface area contributed by atoms with Crippen LogP contribution in [0.5, 0.6) is 0 Å². The molecule has 3 rings (SSSR count). The number of rotatable bonds is 0. The van der Waals surface area contributed by atoms with Gasteiger partial charge >= 0.3 is 0 Å². The molecule has 1 N–H and O–H groups in total. The number of benzene rings is 1. The van der Waals surface area contributed by atoms with E-state index < -0.39 is 0 Å². The van der Waals surface area contributed by atoms with Crippen LogP contribution in [0, 0.1) is 0 Å². The van der Waals surface area contributed by atoms with E-state index in [9.17, 15) is 0 Å². The van der Waals surface area contributed by atoms with Crippen molar-refractivity contribution in [1.29, 1.82) is 0 Å². The highest BCUT2D eigenvalue weighted by Gasteiger charge is 2.27. The van der Waals surface area contributed by atoms with E-state index in [0.29, 0.717) is 10.0 Å². The van der Waals surface area contributed by atoms with Gasteiger partial charge in [0, 0.05) is 17.8 Å². The van der Waals surface area contributed by atoms with Gasteiger partial charge in [-0.3, -0.25) is 0 Å². The van der Waals surface area contributed by atoms with Crippen LogP contribution < -0.4 is 5.32 Å². The van der Waals surface area contributed by atoms with Crippen LogP contribution in [0.4, 0.5) is 5.69 Å². The number of halogens is 2. The molecule has 0 bridgehead atoms. The quantitative estimate of drug-likeness (QED) is 0.770. The van der Waals surface area contributed by atoms with Crippen molar-refractivity contribution in [2.24, 2.45) is 4.99 Å². The highest BCUT2D eigenvalue weighted by molar-refractivity contribution is 6.42. The molecule has 2 heterocycles. The summed E-state index contributed by atoms with van der Waals surface area (Å²) in [7, 11) is 0. The Hall–Kier alpha value is -1.19. The Morgan fingerprint density at radius 1 is 1.31 bits per heavy atom. The SMILES string of the molecule is C=C1CN2Cc3c(ccc(Cl)c3Cl)N=C2N1. The van der Waals surface area contributed by atoms with Gasteiger partial charge in [0.1, 0.15) is 0 Å². The predicted molar refractivity (Wildman–Crippen MR) is 66.2 cm³/mol. The topological polar surface area (TPSA) is 27.6 Å². The van der Waals surface area contributed by atoms with E-state index in [1.165, 1.54) is 0 Å². The average Bonchev–Trinajstić information content (AvgIpc) is 2.61. The maximum absolute atomic E-state index is 6.17. The molecule has 1 aromatic carbocycles. The molecule has 1 fully saturated rings. The monoisotopic (exact) mass is 253 g/mol. The van der Waals surface area contributed by atoms with Crippen LogP contribution >= 0.6 is 23.2 Å². The summed E-state index contributed by atoms with van der Waals surface area (Å²) < 4.78 is 0. The normalized spacial score (nSPS) is 17.8. The lowest BCUT2D eigenvalue weighted by Gasteiger charge is -2.24. The molecule has 0 amide bonds. The van der Waals surface area contributed by atoms with Crippen molar-refractivity contribution in [2.45, 2.75) is 6.54 Å². The van der Waals surface area contributed by atoms with E-state index in [4.69, 9.17) is 23.2 Å². The number of fused-ring (bicyclic) bond motifs is 2. The minimum Gasteiger partial charge on any atom is -0.332 e. The predicted octanol–water partition coefficient (Wildman–Crippen LogP) is 2.91. The fourth-order valence-corrected chi connectivity index (χ4v) is 2.35. The first-order valence-corrected chi connectivity index (χ1v) is 5.66. The van der Waals surface area contributed by atoms with Crippen molar-refractivity contribution in [1.82, 2.24) is 10.2 Å². The fraction of sp³-hybridized carbons (Fsp3) is 0.182. The number of nitrogens with one attached hydrogen (secondary N) is 1. The number of aliphatic imine (C=N–C) groups is 1. The standard InChI is InChI=1S/C11H9Cl2N3/c1-6-4-16-5-7-9(15-11(16)14-6)3-2-8(12)10(7)13/h2-3H,1,4-5H2,(H,14,15). The first-order chi connectivity index (χ1) is 7.65. The van der Waals surface area contributed by atoms with Crippen LogP contribution in [0.3, 0.4) is 0 Å². The van der Waals surface area contributed by atoms with Gasteiger partial charge in [0.2, 0.25) is 5.96 Å². The molecule has 82 valence electrons. The van der Waals surface area contributed by atoms with Crippen LogP contribution in [-0.4, -0.2) is 17.4 Å². The molecule has 0 aromatic heterocycles. The zero-order chi connectivity index (χ0) is 11.3. The Morgan fingerprint density at radius 3 is 2.94 bits per heavy atom. The number of guanidine groups is 1. The molecule has 2 aliphatic heterocycles. The Balaban J connectivity index is 2.12. The van der Waals surface area contributed by atoms with Crippen molar-refractivity contribution in [2.75, 3.05) is 6.54 Å². The maximum atomic E-state index is 6.17. The molecule has 2 aliphatic rings. The van der Waals surface area contributed by atoms with Crippen LogP contribution in [0.25, 0.3) is 0 Å². The third-order valence-corrected chi connectivity index (χ3v) is 3.56. The van der Waals surface area contributed by atoms with Crippen LogP contribution in [0.15, 0.2) is 29.4 Å². The van der Waals surface area contributed by atoms with Gasteiger partial charge in [-0.1, -0.05) is 29.8 Å². The van der Waals surface area contributed by atoms with Gasteiger partial charge in [0.25, 0.3) is 0 Å². The Labute approximate surface area is 103 Å². The van der Waals surface area contributed by atoms with Gasteiger partial charge < -0.3 is 10.2 Å². The van der Waals surface area contributed by atoms with Crippen molar-refractivity contribution in [3.05, 3.63) is 40.0 Å². The van der Waals surface area contributed by atoms with Gasteiger partial charge in [0.15, 0.2) is 0 Å². The second-order valence-corrected chi connectivity index (χ2v) is 4.66. The smallest absolute Gasteiger partial charge is 0.204 e. The highest BCUT2D eigenvalue weighted by Crippen LogP contribution is 2.37.